The highest BCUT2D eigenvalue weighted by atomic mass is 32.2. The predicted molar refractivity (Wildman–Crippen MR) is 90.9 cm³/mol. The maximum absolute atomic E-state index is 13.2. The molecule has 1 aliphatic carbocycles. The number of fused-ring (bicyclic) bond motifs is 1. The Morgan fingerprint density at radius 2 is 2.00 bits per heavy atom. The van der Waals surface area contributed by atoms with Gasteiger partial charge in [-0.05, 0) is 44.2 Å². The molecule has 5 nitrogen and oxygen atoms in total. The van der Waals surface area contributed by atoms with E-state index in [0.29, 0.717) is 6.42 Å². The van der Waals surface area contributed by atoms with Gasteiger partial charge in [-0.15, -0.1) is 0 Å². The Labute approximate surface area is 143 Å². The van der Waals surface area contributed by atoms with Gasteiger partial charge in [0.25, 0.3) is 0 Å². The van der Waals surface area contributed by atoms with E-state index in [0.717, 1.165) is 18.4 Å². The molecule has 24 heavy (non-hydrogen) atoms. The summed E-state index contributed by atoms with van der Waals surface area (Å²) in [6.07, 6.45) is 6.64. The monoisotopic (exact) mass is 349 g/mol. The first-order valence-electron chi connectivity index (χ1n) is 8.27. The molecule has 2 aliphatic rings. The van der Waals surface area contributed by atoms with E-state index >= 15 is 0 Å². The van der Waals surface area contributed by atoms with Crippen LogP contribution in [0.2, 0.25) is 0 Å². The highest BCUT2D eigenvalue weighted by Gasteiger charge is 2.47. The molecule has 0 N–H and O–H groups in total. The van der Waals surface area contributed by atoms with Gasteiger partial charge in [-0.1, -0.05) is 29.8 Å². The number of aryl methyl sites for hydroxylation is 1. The number of benzene rings is 1. The normalized spacial score (nSPS) is 27.0. The van der Waals surface area contributed by atoms with E-state index in [9.17, 15) is 13.2 Å². The largest absolute Gasteiger partial charge is 0.469 e. The lowest BCUT2D eigenvalue weighted by atomic mass is 9.90. The van der Waals surface area contributed by atoms with Crippen molar-refractivity contribution in [2.45, 2.75) is 49.6 Å². The molecule has 1 aromatic rings. The highest BCUT2D eigenvalue weighted by molar-refractivity contribution is 7.89. The smallest absolute Gasteiger partial charge is 0.307 e. The van der Waals surface area contributed by atoms with E-state index in [-0.39, 0.29) is 35.3 Å². The molecule has 1 saturated heterocycles. The third-order valence-corrected chi connectivity index (χ3v) is 6.96. The number of rotatable bonds is 4. The first-order valence-corrected chi connectivity index (χ1v) is 9.71. The third-order valence-electron chi connectivity index (χ3n) is 4.96. The van der Waals surface area contributed by atoms with Gasteiger partial charge in [0.1, 0.15) is 0 Å². The SMILES string of the molecule is COC(=O)C[C@H]1C[C@H]2C=CCC[C@H]2N1S(=O)(=O)c1ccc(C)cc1. The van der Waals surface area contributed by atoms with Crippen molar-refractivity contribution in [3.63, 3.8) is 0 Å². The predicted octanol–water partition coefficient (Wildman–Crippen LogP) is 2.66. The van der Waals surface area contributed by atoms with E-state index in [2.05, 4.69) is 12.2 Å². The summed E-state index contributed by atoms with van der Waals surface area (Å²) < 4.78 is 32.8. The average Bonchev–Trinajstić information content (AvgIpc) is 2.93. The van der Waals surface area contributed by atoms with Gasteiger partial charge in [-0.25, -0.2) is 8.42 Å². The molecule has 130 valence electrons. The van der Waals surface area contributed by atoms with Crippen LogP contribution in [0.25, 0.3) is 0 Å². The second-order valence-electron chi connectivity index (χ2n) is 6.55. The quantitative estimate of drug-likeness (QED) is 0.619. The number of esters is 1. The lowest BCUT2D eigenvalue weighted by molar-refractivity contribution is -0.141. The second kappa shape index (κ2) is 6.69. The number of carbonyl (C=O) groups is 1. The van der Waals surface area contributed by atoms with E-state index < -0.39 is 10.0 Å². The molecule has 1 heterocycles. The zero-order valence-electron chi connectivity index (χ0n) is 14.0. The van der Waals surface area contributed by atoms with Crippen molar-refractivity contribution in [2.24, 2.45) is 5.92 Å². The summed E-state index contributed by atoms with van der Waals surface area (Å²) >= 11 is 0. The van der Waals surface area contributed by atoms with Crippen molar-refractivity contribution >= 4 is 16.0 Å². The molecule has 0 spiro atoms. The fraction of sp³-hybridized carbons (Fsp3) is 0.500. The average molecular weight is 349 g/mol. The van der Waals surface area contributed by atoms with E-state index in [4.69, 9.17) is 4.74 Å². The molecule has 3 atom stereocenters. The lowest BCUT2D eigenvalue weighted by Gasteiger charge is -2.31. The van der Waals surface area contributed by atoms with Gasteiger partial charge >= 0.3 is 5.97 Å². The number of ether oxygens (including phenoxy) is 1. The van der Waals surface area contributed by atoms with Crippen molar-refractivity contribution in [2.75, 3.05) is 7.11 Å². The Morgan fingerprint density at radius 1 is 1.29 bits per heavy atom. The highest BCUT2D eigenvalue weighted by Crippen LogP contribution is 2.41. The van der Waals surface area contributed by atoms with Crippen molar-refractivity contribution < 1.29 is 17.9 Å². The van der Waals surface area contributed by atoms with Gasteiger partial charge in [0, 0.05) is 12.1 Å². The van der Waals surface area contributed by atoms with Gasteiger partial charge in [-0.2, -0.15) is 4.31 Å². The number of carbonyl (C=O) groups excluding carboxylic acids is 1. The minimum Gasteiger partial charge on any atom is -0.469 e. The van der Waals surface area contributed by atoms with Crippen LogP contribution in [0, 0.1) is 12.8 Å². The minimum absolute atomic E-state index is 0.0732. The fourth-order valence-electron chi connectivity index (χ4n) is 3.78. The molecule has 0 saturated carbocycles. The summed E-state index contributed by atoms with van der Waals surface area (Å²) in [7, 11) is -2.30. The van der Waals surface area contributed by atoms with Gasteiger partial charge in [-0.3, -0.25) is 4.79 Å². The van der Waals surface area contributed by atoms with Crippen molar-refractivity contribution in [1.29, 1.82) is 0 Å². The molecular formula is C18H23NO4S. The van der Waals surface area contributed by atoms with Crippen LogP contribution in [0.3, 0.4) is 0 Å². The molecule has 6 heteroatoms. The van der Waals surface area contributed by atoms with Crippen molar-refractivity contribution in [3.05, 3.63) is 42.0 Å². The zero-order chi connectivity index (χ0) is 17.3. The maximum atomic E-state index is 13.2. The lowest BCUT2D eigenvalue weighted by Crippen LogP contribution is -2.43. The number of methoxy groups -OCH3 is 1. The summed E-state index contributed by atoms with van der Waals surface area (Å²) in [4.78, 5) is 12.1. The second-order valence-corrected chi connectivity index (χ2v) is 8.40. The van der Waals surface area contributed by atoms with E-state index in [1.165, 1.54) is 7.11 Å². The molecule has 1 aromatic carbocycles. The molecule has 1 aliphatic heterocycles. The molecule has 0 amide bonds. The van der Waals surface area contributed by atoms with Crippen LogP contribution in [-0.4, -0.2) is 37.9 Å². The van der Waals surface area contributed by atoms with Crippen LogP contribution in [0.5, 0.6) is 0 Å². The Hall–Kier alpha value is -1.66. The molecule has 3 rings (SSSR count). The molecule has 0 bridgehead atoms. The van der Waals surface area contributed by atoms with E-state index in [1.807, 2.05) is 6.92 Å². The fourth-order valence-corrected chi connectivity index (χ4v) is 5.67. The molecule has 1 fully saturated rings. The summed E-state index contributed by atoms with van der Waals surface area (Å²) in [6, 6.07) is 6.47. The summed E-state index contributed by atoms with van der Waals surface area (Å²) in [6.45, 7) is 1.92. The van der Waals surface area contributed by atoms with Gasteiger partial charge < -0.3 is 4.74 Å². The summed E-state index contributed by atoms with van der Waals surface area (Å²) in [5.41, 5.74) is 1.01. The number of allylic oxidation sites excluding steroid dienone is 1. The standard InChI is InChI=1S/C18H23NO4S/c1-13-7-9-16(10-8-13)24(21,22)19-15(12-18(20)23-2)11-14-5-3-4-6-17(14)19/h3,5,7-10,14-15,17H,4,6,11-12H2,1-2H3/t14-,15-,17-/m1/s1. The molecular weight excluding hydrogens is 326 g/mol. The summed E-state index contributed by atoms with van der Waals surface area (Å²) in [5.74, 6) is -0.194. The van der Waals surface area contributed by atoms with E-state index in [1.54, 1.807) is 28.6 Å². The van der Waals surface area contributed by atoms with Crippen LogP contribution in [0.15, 0.2) is 41.3 Å². The molecule has 0 unspecified atom stereocenters. The molecule has 0 aromatic heterocycles. The Morgan fingerprint density at radius 3 is 2.67 bits per heavy atom. The van der Waals surface area contributed by atoms with Gasteiger partial charge in [0.05, 0.1) is 18.4 Å². The number of sulfonamides is 1. The maximum Gasteiger partial charge on any atom is 0.307 e. The Balaban J connectivity index is 1.97. The molecule has 0 radical (unpaired) electrons. The minimum atomic E-state index is -3.64. The first kappa shape index (κ1) is 17.2. The van der Waals surface area contributed by atoms with Crippen molar-refractivity contribution in [1.82, 2.24) is 4.31 Å². The number of hydrogen-bond donors (Lipinski definition) is 0. The van der Waals surface area contributed by atoms with Crippen LogP contribution in [-0.2, 0) is 19.6 Å². The van der Waals surface area contributed by atoms with Crippen LogP contribution in [0.4, 0.5) is 0 Å². The van der Waals surface area contributed by atoms with Crippen LogP contribution < -0.4 is 0 Å². The first-order chi connectivity index (χ1) is 11.4. The Bertz CT molecular complexity index is 739. The zero-order valence-corrected chi connectivity index (χ0v) is 14.8. The van der Waals surface area contributed by atoms with Gasteiger partial charge in [0.2, 0.25) is 10.0 Å². The summed E-state index contributed by atoms with van der Waals surface area (Å²) in [5, 5.41) is 0. The third kappa shape index (κ3) is 3.13. The Kier molecular flexibility index (Phi) is 4.78. The van der Waals surface area contributed by atoms with Crippen molar-refractivity contribution in [3.8, 4) is 0 Å². The number of nitrogens with zero attached hydrogens (tertiary/aromatic N) is 1. The van der Waals surface area contributed by atoms with Gasteiger partial charge in [0.15, 0.2) is 0 Å². The van der Waals surface area contributed by atoms with Crippen LogP contribution >= 0.6 is 0 Å². The number of hydrogen-bond acceptors (Lipinski definition) is 4. The topological polar surface area (TPSA) is 63.7 Å². The van der Waals surface area contributed by atoms with Crippen LogP contribution in [0.1, 0.15) is 31.2 Å².